The minimum absolute atomic E-state index is 0.318. The first kappa shape index (κ1) is 13.0. The van der Waals surface area contributed by atoms with Crippen LogP contribution >= 0.6 is 0 Å². The molecule has 17 heavy (non-hydrogen) atoms. The Bertz CT molecular complexity index is 486. The average molecular weight is 235 g/mol. The van der Waals surface area contributed by atoms with Gasteiger partial charge in [-0.3, -0.25) is 9.89 Å². The minimum Gasteiger partial charge on any atom is -0.462 e. The molecule has 2 aromatic rings. The molecule has 1 aromatic heterocycles. The van der Waals surface area contributed by atoms with Gasteiger partial charge in [-0.05, 0) is 39.0 Å². The number of hydrogen-bond acceptors (Lipinski definition) is 4. The SMILES string of the molecule is CC(C)(C)OC=O.Nc1ccc2cn[nH]c2c1. The van der Waals surface area contributed by atoms with Crippen molar-refractivity contribution < 1.29 is 9.53 Å². The molecular formula is C12H17N3O2. The summed E-state index contributed by atoms with van der Waals surface area (Å²) in [6.45, 7) is 5.92. The van der Waals surface area contributed by atoms with Crippen LogP contribution in [0.1, 0.15) is 20.8 Å². The summed E-state index contributed by atoms with van der Waals surface area (Å²) in [7, 11) is 0. The molecule has 0 unspecified atom stereocenters. The lowest BCUT2D eigenvalue weighted by Gasteiger charge is -2.14. The molecule has 1 heterocycles. The zero-order valence-corrected chi connectivity index (χ0v) is 10.2. The van der Waals surface area contributed by atoms with Crippen molar-refractivity contribution in [3.8, 4) is 0 Å². The van der Waals surface area contributed by atoms with Gasteiger partial charge in [0.2, 0.25) is 0 Å². The Balaban J connectivity index is 0.000000185. The van der Waals surface area contributed by atoms with E-state index in [4.69, 9.17) is 5.73 Å². The van der Waals surface area contributed by atoms with Crippen LogP contribution in [0.4, 0.5) is 5.69 Å². The number of nitrogens with zero attached hydrogens (tertiary/aromatic N) is 1. The predicted molar refractivity (Wildman–Crippen MR) is 67.4 cm³/mol. The summed E-state index contributed by atoms with van der Waals surface area (Å²) in [4.78, 5) is 9.60. The van der Waals surface area contributed by atoms with Gasteiger partial charge < -0.3 is 10.5 Å². The number of rotatable bonds is 1. The van der Waals surface area contributed by atoms with E-state index in [2.05, 4.69) is 14.9 Å². The van der Waals surface area contributed by atoms with Crippen molar-refractivity contribution in [3.63, 3.8) is 0 Å². The molecule has 5 heteroatoms. The highest BCUT2D eigenvalue weighted by Gasteiger charge is 2.07. The van der Waals surface area contributed by atoms with E-state index >= 15 is 0 Å². The van der Waals surface area contributed by atoms with Crippen LogP contribution in [0.3, 0.4) is 0 Å². The Labute approximate surface area is 100.0 Å². The van der Waals surface area contributed by atoms with Crippen LogP contribution in [0.15, 0.2) is 24.4 Å². The lowest BCUT2D eigenvalue weighted by molar-refractivity contribution is -0.138. The fourth-order valence-electron chi connectivity index (χ4n) is 1.10. The maximum atomic E-state index is 9.60. The summed E-state index contributed by atoms with van der Waals surface area (Å²) in [5, 5.41) is 7.78. The Morgan fingerprint density at radius 1 is 1.41 bits per heavy atom. The van der Waals surface area contributed by atoms with Crippen LogP contribution in [0.2, 0.25) is 0 Å². The highest BCUT2D eigenvalue weighted by atomic mass is 16.5. The summed E-state index contributed by atoms with van der Waals surface area (Å²) in [6, 6.07) is 5.66. The molecule has 3 N–H and O–H groups in total. The van der Waals surface area contributed by atoms with Gasteiger partial charge in [-0.1, -0.05) is 0 Å². The Kier molecular flexibility index (Phi) is 4.09. The van der Waals surface area contributed by atoms with E-state index in [0.717, 1.165) is 16.6 Å². The number of nitrogen functional groups attached to an aromatic ring is 1. The van der Waals surface area contributed by atoms with Crippen molar-refractivity contribution in [2.24, 2.45) is 0 Å². The molecule has 0 fully saturated rings. The minimum atomic E-state index is -0.318. The van der Waals surface area contributed by atoms with Crippen molar-refractivity contribution in [3.05, 3.63) is 24.4 Å². The maximum Gasteiger partial charge on any atom is 0.293 e. The van der Waals surface area contributed by atoms with Crippen LogP contribution in [-0.2, 0) is 9.53 Å². The first-order valence-electron chi connectivity index (χ1n) is 5.22. The largest absolute Gasteiger partial charge is 0.462 e. The Morgan fingerprint density at radius 2 is 2.12 bits per heavy atom. The van der Waals surface area contributed by atoms with E-state index in [1.165, 1.54) is 0 Å². The van der Waals surface area contributed by atoms with Crippen LogP contribution in [0.25, 0.3) is 10.9 Å². The van der Waals surface area contributed by atoms with Crippen molar-refractivity contribution >= 4 is 23.1 Å². The number of benzene rings is 1. The lowest BCUT2D eigenvalue weighted by Crippen LogP contribution is -2.17. The predicted octanol–water partition coefficient (Wildman–Crippen LogP) is 2.10. The number of carbonyl (C=O) groups is 1. The second-order valence-corrected chi connectivity index (χ2v) is 4.54. The van der Waals surface area contributed by atoms with E-state index in [0.29, 0.717) is 6.47 Å². The molecule has 5 nitrogen and oxygen atoms in total. The molecule has 2 rings (SSSR count). The number of nitrogens with two attached hydrogens (primary N) is 1. The summed E-state index contributed by atoms with van der Waals surface area (Å²) in [5.74, 6) is 0. The standard InChI is InChI=1S/C7H7N3.C5H10O2/c8-6-2-1-5-4-9-10-7(5)3-6;1-5(2,3)7-4-6/h1-4H,8H2,(H,9,10);4H,1-3H3. The van der Waals surface area contributed by atoms with Gasteiger partial charge in [0.15, 0.2) is 0 Å². The molecule has 0 aliphatic carbocycles. The molecule has 0 saturated heterocycles. The third-order valence-corrected chi connectivity index (χ3v) is 1.87. The number of H-pyrrole nitrogens is 1. The van der Waals surface area contributed by atoms with Crippen molar-refractivity contribution in [2.45, 2.75) is 26.4 Å². The van der Waals surface area contributed by atoms with Crippen LogP contribution in [0, 0.1) is 0 Å². The molecule has 92 valence electrons. The number of aromatic amines is 1. The average Bonchev–Trinajstić information content (AvgIpc) is 2.63. The lowest BCUT2D eigenvalue weighted by atomic mass is 10.2. The zero-order valence-electron chi connectivity index (χ0n) is 10.2. The number of fused-ring (bicyclic) bond motifs is 1. The molecule has 0 bridgehead atoms. The van der Waals surface area contributed by atoms with Gasteiger partial charge in [-0.25, -0.2) is 0 Å². The molecule has 0 radical (unpaired) electrons. The smallest absolute Gasteiger partial charge is 0.293 e. The number of nitrogens with one attached hydrogen (secondary N) is 1. The molecule has 0 amide bonds. The van der Waals surface area contributed by atoms with E-state index in [-0.39, 0.29) is 5.60 Å². The molecule has 0 aliphatic rings. The summed E-state index contributed by atoms with van der Waals surface area (Å²) in [5.41, 5.74) is 6.96. The highest BCUT2D eigenvalue weighted by molar-refractivity contribution is 5.80. The number of carbonyl (C=O) groups excluding carboxylic acids is 1. The number of ether oxygens (including phenoxy) is 1. The van der Waals surface area contributed by atoms with E-state index in [1.54, 1.807) is 6.20 Å². The normalized spacial score (nSPS) is 10.5. The van der Waals surface area contributed by atoms with Crippen molar-refractivity contribution in [1.29, 1.82) is 0 Å². The quantitative estimate of drug-likeness (QED) is 0.586. The summed E-state index contributed by atoms with van der Waals surface area (Å²) >= 11 is 0. The van der Waals surface area contributed by atoms with Crippen LogP contribution in [-0.4, -0.2) is 22.3 Å². The van der Waals surface area contributed by atoms with E-state index < -0.39 is 0 Å². The molecule has 1 aromatic carbocycles. The monoisotopic (exact) mass is 235 g/mol. The number of anilines is 1. The number of hydrogen-bond donors (Lipinski definition) is 2. The summed E-state index contributed by atoms with van der Waals surface area (Å²) in [6.07, 6.45) is 1.77. The third-order valence-electron chi connectivity index (χ3n) is 1.87. The number of aromatic nitrogens is 2. The Morgan fingerprint density at radius 3 is 2.65 bits per heavy atom. The van der Waals surface area contributed by atoms with Gasteiger partial charge in [0.1, 0.15) is 5.60 Å². The molecule has 0 atom stereocenters. The third kappa shape index (κ3) is 4.55. The first-order chi connectivity index (χ1) is 7.92. The molecule has 0 spiro atoms. The van der Waals surface area contributed by atoms with Gasteiger partial charge in [0.05, 0.1) is 11.7 Å². The molecule has 0 saturated carbocycles. The van der Waals surface area contributed by atoms with Gasteiger partial charge in [0, 0.05) is 11.1 Å². The maximum absolute atomic E-state index is 9.60. The summed E-state index contributed by atoms with van der Waals surface area (Å²) < 4.78 is 4.55. The van der Waals surface area contributed by atoms with Crippen LogP contribution in [0.5, 0.6) is 0 Å². The Hall–Kier alpha value is -2.04. The van der Waals surface area contributed by atoms with Gasteiger partial charge in [-0.15, -0.1) is 0 Å². The van der Waals surface area contributed by atoms with Gasteiger partial charge in [-0.2, -0.15) is 5.10 Å². The first-order valence-corrected chi connectivity index (χ1v) is 5.22. The zero-order chi connectivity index (χ0) is 12.9. The fourth-order valence-corrected chi connectivity index (χ4v) is 1.10. The van der Waals surface area contributed by atoms with Crippen LogP contribution < -0.4 is 5.73 Å². The van der Waals surface area contributed by atoms with Crippen molar-refractivity contribution in [2.75, 3.05) is 5.73 Å². The topological polar surface area (TPSA) is 81.0 Å². The second kappa shape index (κ2) is 5.34. The fraction of sp³-hybridized carbons (Fsp3) is 0.333. The highest BCUT2D eigenvalue weighted by Crippen LogP contribution is 2.12. The van der Waals surface area contributed by atoms with Gasteiger partial charge in [0.25, 0.3) is 6.47 Å². The van der Waals surface area contributed by atoms with E-state index in [1.807, 2.05) is 39.0 Å². The second-order valence-electron chi connectivity index (χ2n) is 4.54. The van der Waals surface area contributed by atoms with Crippen molar-refractivity contribution in [1.82, 2.24) is 10.2 Å². The van der Waals surface area contributed by atoms with Gasteiger partial charge >= 0.3 is 0 Å². The van der Waals surface area contributed by atoms with E-state index in [9.17, 15) is 4.79 Å². The molecule has 0 aliphatic heterocycles. The molecular weight excluding hydrogens is 218 g/mol.